The molecule has 4 aromatic rings. The van der Waals surface area contributed by atoms with E-state index in [-0.39, 0.29) is 12.2 Å². The van der Waals surface area contributed by atoms with Gasteiger partial charge in [0.2, 0.25) is 5.16 Å². The fraction of sp³-hybridized carbons (Fsp3) is 0.320. The lowest BCUT2D eigenvalue weighted by atomic mass is 10.0. The van der Waals surface area contributed by atoms with Crippen molar-refractivity contribution in [3.63, 3.8) is 0 Å². The summed E-state index contributed by atoms with van der Waals surface area (Å²) in [5.74, 6) is 8.46. The molecule has 0 atom stereocenters. The number of rotatable bonds is 8. The first-order valence-corrected chi connectivity index (χ1v) is 12.0. The molecule has 0 fully saturated rings. The quantitative estimate of drug-likeness (QED) is 0.224. The summed E-state index contributed by atoms with van der Waals surface area (Å²) in [6, 6.07) is 13.7. The largest absolute Gasteiger partial charge is 0.485 e. The van der Waals surface area contributed by atoms with Crippen LogP contribution in [0.15, 0.2) is 56.8 Å². The maximum absolute atomic E-state index is 12.1. The van der Waals surface area contributed by atoms with E-state index < -0.39 is 0 Å². The van der Waals surface area contributed by atoms with Gasteiger partial charge in [0.15, 0.2) is 5.82 Å². The Labute approximate surface area is 196 Å². The Hall–Kier alpha value is -3.26. The van der Waals surface area contributed by atoms with Gasteiger partial charge in [0, 0.05) is 17.2 Å². The number of nitrogen functional groups attached to an aromatic ring is 1. The third-order valence-corrected chi connectivity index (χ3v) is 6.53. The van der Waals surface area contributed by atoms with E-state index in [2.05, 4.69) is 43.1 Å². The summed E-state index contributed by atoms with van der Waals surface area (Å²) < 4.78 is 12.9. The van der Waals surface area contributed by atoms with Gasteiger partial charge < -0.3 is 15.0 Å². The van der Waals surface area contributed by atoms with E-state index in [1.54, 1.807) is 0 Å². The highest BCUT2D eigenvalue weighted by Gasteiger charge is 2.15. The zero-order valence-electron chi connectivity index (χ0n) is 19.3. The molecule has 7 nitrogen and oxygen atoms in total. The van der Waals surface area contributed by atoms with Crippen LogP contribution in [-0.4, -0.2) is 14.9 Å². The maximum atomic E-state index is 12.1. The molecular weight excluding hydrogens is 436 g/mol. The number of ether oxygens (including phenoxy) is 1. The summed E-state index contributed by atoms with van der Waals surface area (Å²) in [6.45, 7) is 8.58. The van der Waals surface area contributed by atoms with Crippen LogP contribution < -0.4 is 16.2 Å². The smallest absolute Gasteiger partial charge is 0.336 e. The van der Waals surface area contributed by atoms with Crippen molar-refractivity contribution in [3.05, 3.63) is 81.0 Å². The topological polar surface area (TPSA) is 96.2 Å². The lowest BCUT2D eigenvalue weighted by molar-refractivity contribution is 0.287. The molecule has 0 radical (unpaired) electrons. The third kappa shape index (κ3) is 5.06. The Morgan fingerprint density at radius 2 is 1.97 bits per heavy atom. The highest BCUT2D eigenvalue weighted by atomic mass is 32.2. The van der Waals surface area contributed by atoms with Crippen molar-refractivity contribution in [2.24, 2.45) is 0 Å². The van der Waals surface area contributed by atoms with E-state index >= 15 is 0 Å². The van der Waals surface area contributed by atoms with E-state index in [0.29, 0.717) is 28.2 Å². The minimum atomic E-state index is -0.367. The van der Waals surface area contributed by atoms with Gasteiger partial charge in [-0.05, 0) is 53.6 Å². The zero-order valence-corrected chi connectivity index (χ0v) is 20.1. The number of aromatic nitrogens is 3. The number of hydrogen-bond acceptors (Lipinski definition) is 7. The Balaban J connectivity index is 1.50. The number of benzene rings is 2. The van der Waals surface area contributed by atoms with Crippen LogP contribution in [0, 0.1) is 6.92 Å². The average molecular weight is 465 g/mol. The lowest BCUT2D eigenvalue weighted by Crippen LogP contribution is -2.16. The van der Waals surface area contributed by atoms with Gasteiger partial charge >= 0.3 is 5.63 Å². The van der Waals surface area contributed by atoms with Gasteiger partial charge in [-0.3, -0.25) is 0 Å². The van der Waals surface area contributed by atoms with Crippen LogP contribution in [0.25, 0.3) is 11.0 Å². The highest BCUT2D eigenvalue weighted by Crippen LogP contribution is 2.29. The fourth-order valence-corrected chi connectivity index (χ4v) is 4.51. The Morgan fingerprint density at radius 1 is 1.15 bits per heavy atom. The molecule has 2 N–H and O–H groups in total. The van der Waals surface area contributed by atoms with Crippen molar-refractivity contribution in [3.8, 4) is 5.75 Å². The van der Waals surface area contributed by atoms with Gasteiger partial charge in [-0.15, -0.1) is 10.2 Å². The Morgan fingerprint density at radius 3 is 2.73 bits per heavy atom. The van der Waals surface area contributed by atoms with Crippen molar-refractivity contribution >= 4 is 22.7 Å². The summed E-state index contributed by atoms with van der Waals surface area (Å²) in [5, 5.41) is 9.88. The molecule has 4 rings (SSSR count). The number of nitrogens with zero attached hydrogens (tertiary/aromatic N) is 3. The molecule has 0 bridgehead atoms. The first-order chi connectivity index (χ1) is 15.9. The van der Waals surface area contributed by atoms with Gasteiger partial charge in [-0.25, -0.2) is 9.47 Å². The van der Waals surface area contributed by atoms with Gasteiger partial charge in [0.25, 0.3) is 0 Å². The number of thioether (sulfide) groups is 1. The molecular formula is C25H28N4O3S. The second kappa shape index (κ2) is 9.70. The van der Waals surface area contributed by atoms with Crippen LogP contribution in [0.1, 0.15) is 54.8 Å². The van der Waals surface area contributed by atoms with Crippen LogP contribution in [0.3, 0.4) is 0 Å². The number of nitrogens with two attached hydrogens (primary N) is 1. The second-order valence-corrected chi connectivity index (χ2v) is 9.26. The molecule has 0 aliphatic rings. The van der Waals surface area contributed by atoms with Crippen LogP contribution in [0.2, 0.25) is 0 Å². The number of hydrogen-bond donors (Lipinski definition) is 1. The van der Waals surface area contributed by atoms with Crippen molar-refractivity contribution in [2.45, 2.75) is 57.5 Å². The predicted octanol–water partition coefficient (Wildman–Crippen LogP) is 4.96. The molecule has 8 heteroatoms. The van der Waals surface area contributed by atoms with Crippen LogP contribution in [-0.2, 0) is 18.8 Å². The van der Waals surface area contributed by atoms with Gasteiger partial charge in [-0.2, -0.15) is 0 Å². The monoisotopic (exact) mass is 464 g/mol. The third-order valence-electron chi connectivity index (χ3n) is 5.54. The summed E-state index contributed by atoms with van der Waals surface area (Å²) >= 11 is 1.41. The Kier molecular flexibility index (Phi) is 6.74. The molecule has 2 heterocycles. The molecule has 0 saturated heterocycles. The van der Waals surface area contributed by atoms with Crippen molar-refractivity contribution in [1.29, 1.82) is 0 Å². The summed E-state index contributed by atoms with van der Waals surface area (Å²) in [5.41, 5.74) is 4.49. The van der Waals surface area contributed by atoms with E-state index in [1.165, 1.54) is 22.5 Å². The van der Waals surface area contributed by atoms with Crippen molar-refractivity contribution < 1.29 is 9.15 Å². The number of fused-ring (bicyclic) bond motifs is 1. The molecule has 0 aliphatic heterocycles. The highest BCUT2D eigenvalue weighted by molar-refractivity contribution is 7.98. The molecule has 0 aliphatic carbocycles. The molecule has 0 unspecified atom stereocenters. The molecule has 2 aromatic carbocycles. The molecule has 0 amide bonds. The molecule has 33 heavy (non-hydrogen) atoms. The first kappa shape index (κ1) is 22.9. The zero-order chi connectivity index (χ0) is 23.5. The van der Waals surface area contributed by atoms with E-state index in [1.807, 2.05) is 31.2 Å². The van der Waals surface area contributed by atoms with Crippen LogP contribution in [0.5, 0.6) is 5.75 Å². The van der Waals surface area contributed by atoms with E-state index in [9.17, 15) is 4.79 Å². The van der Waals surface area contributed by atoms with Crippen molar-refractivity contribution in [1.82, 2.24) is 14.9 Å². The van der Waals surface area contributed by atoms with Crippen molar-refractivity contribution in [2.75, 3.05) is 5.84 Å². The molecule has 0 spiro atoms. The first-order valence-electron chi connectivity index (χ1n) is 11.0. The van der Waals surface area contributed by atoms with Gasteiger partial charge in [-0.1, -0.05) is 56.8 Å². The normalized spacial score (nSPS) is 11.4. The predicted molar refractivity (Wildman–Crippen MR) is 131 cm³/mol. The minimum absolute atomic E-state index is 0.213. The van der Waals surface area contributed by atoms with Crippen LogP contribution in [0.4, 0.5) is 0 Å². The van der Waals surface area contributed by atoms with E-state index in [4.69, 9.17) is 15.0 Å². The van der Waals surface area contributed by atoms with E-state index in [0.717, 1.165) is 39.8 Å². The molecule has 2 aromatic heterocycles. The average Bonchev–Trinajstić information content (AvgIpc) is 3.14. The Bertz CT molecular complexity index is 1340. The fourth-order valence-electron chi connectivity index (χ4n) is 3.65. The second-order valence-electron chi connectivity index (χ2n) is 8.32. The molecule has 172 valence electrons. The lowest BCUT2D eigenvalue weighted by Gasteiger charge is -2.14. The van der Waals surface area contributed by atoms with Gasteiger partial charge in [0.1, 0.15) is 17.9 Å². The standard InChI is InChI=1S/C25H28N4O3S/c1-5-17-7-9-20-18(12-24(30)32-22(20)11-17)14-33-25-28-27-23(29(25)26)13-31-21-10-16(4)6-8-19(21)15(2)3/h6-12,15H,5,13-14,26H2,1-4H3. The summed E-state index contributed by atoms with van der Waals surface area (Å²) in [7, 11) is 0. The van der Waals surface area contributed by atoms with Gasteiger partial charge in [0.05, 0.1) is 0 Å². The molecule has 0 saturated carbocycles. The summed E-state index contributed by atoms with van der Waals surface area (Å²) in [4.78, 5) is 12.1. The maximum Gasteiger partial charge on any atom is 0.336 e. The summed E-state index contributed by atoms with van der Waals surface area (Å²) in [6.07, 6.45) is 0.876. The van der Waals surface area contributed by atoms with Crippen LogP contribution >= 0.6 is 11.8 Å². The number of aryl methyl sites for hydroxylation is 2. The SMILES string of the molecule is CCc1ccc2c(CSc3nnc(COc4cc(C)ccc4C(C)C)n3N)cc(=O)oc2c1. The minimum Gasteiger partial charge on any atom is -0.485 e.